The molecule has 0 aliphatic carbocycles. The van der Waals surface area contributed by atoms with Crippen LogP contribution in [-0.2, 0) is 17.7 Å². The monoisotopic (exact) mass is 458 g/mol. The molecule has 0 aliphatic rings. The second-order valence-corrected chi connectivity index (χ2v) is 13.7. The first-order valence-corrected chi connectivity index (χ1v) is 16.7. The minimum absolute atomic E-state index is 0.709. The summed E-state index contributed by atoms with van der Waals surface area (Å²) < 4.78 is 24.9. The number of hydrogen-bond acceptors (Lipinski definition) is 4. The predicted molar refractivity (Wildman–Crippen MR) is 134 cm³/mol. The van der Waals surface area contributed by atoms with E-state index in [9.17, 15) is 0 Å². The van der Waals surface area contributed by atoms with Crippen LogP contribution in [0.25, 0.3) is 0 Å². The maximum Gasteiger partial charge on any atom is 0.364 e. The molecule has 0 bridgehead atoms. The molecule has 0 aromatic rings. The molecule has 0 rings (SSSR count). The average Bonchev–Trinajstić information content (AvgIpc) is 2.73. The fraction of sp³-hybridized carbons (Fsp3) is 0.833. The summed E-state index contributed by atoms with van der Waals surface area (Å²) in [4.78, 5) is 0. The fourth-order valence-corrected chi connectivity index (χ4v) is 9.57. The van der Waals surface area contributed by atoms with Crippen LogP contribution < -0.4 is 0 Å². The summed E-state index contributed by atoms with van der Waals surface area (Å²) in [6, 6.07) is 2.00. The molecule has 0 amide bonds. The first kappa shape index (κ1) is 29.8. The molecule has 0 fully saturated rings. The van der Waals surface area contributed by atoms with Gasteiger partial charge in [-0.1, -0.05) is 64.5 Å². The molecule has 0 unspecified atom stereocenters. The van der Waals surface area contributed by atoms with Crippen molar-refractivity contribution in [3.63, 3.8) is 0 Å². The van der Waals surface area contributed by atoms with Gasteiger partial charge in [0.2, 0.25) is 0 Å². The number of unbranched alkanes of at least 4 members (excludes halogenated alkanes) is 5. The minimum atomic E-state index is -2.28. The van der Waals surface area contributed by atoms with Crippen molar-refractivity contribution < 1.29 is 17.7 Å². The van der Waals surface area contributed by atoms with E-state index in [4.69, 9.17) is 17.7 Å². The molecule has 0 spiro atoms. The minimum Gasteiger partial charge on any atom is -0.392 e. The van der Waals surface area contributed by atoms with Gasteiger partial charge in [0.1, 0.15) is 0 Å². The lowest BCUT2D eigenvalue weighted by Gasteiger charge is -2.29. The van der Waals surface area contributed by atoms with E-state index in [0.29, 0.717) is 26.4 Å². The lowest BCUT2D eigenvalue weighted by Crippen LogP contribution is -2.42. The zero-order valence-corrected chi connectivity index (χ0v) is 22.8. The maximum atomic E-state index is 6.23. The second kappa shape index (κ2) is 19.4. The largest absolute Gasteiger partial charge is 0.392 e. The summed E-state index contributed by atoms with van der Waals surface area (Å²) in [6.07, 6.45) is 13.8. The van der Waals surface area contributed by atoms with Gasteiger partial charge in [-0.25, -0.2) is 0 Å². The van der Waals surface area contributed by atoms with E-state index in [0.717, 1.165) is 37.8 Å². The van der Waals surface area contributed by atoms with E-state index < -0.39 is 17.1 Å². The van der Waals surface area contributed by atoms with Gasteiger partial charge in [0.15, 0.2) is 0 Å². The van der Waals surface area contributed by atoms with Crippen LogP contribution in [0.15, 0.2) is 23.6 Å². The molecule has 0 N–H and O–H groups in total. The summed E-state index contributed by atoms with van der Waals surface area (Å²) in [6.45, 7) is 15.6. The van der Waals surface area contributed by atoms with Crippen LogP contribution in [0.3, 0.4) is 0 Å². The smallest absolute Gasteiger partial charge is 0.364 e. The first-order chi connectivity index (χ1) is 14.6. The average molecular weight is 459 g/mol. The highest BCUT2D eigenvalue weighted by Gasteiger charge is 2.36. The topological polar surface area (TPSA) is 36.9 Å². The summed E-state index contributed by atoms with van der Waals surface area (Å²) >= 11 is 0. The molecule has 0 heterocycles. The Morgan fingerprint density at radius 2 is 0.833 bits per heavy atom. The van der Waals surface area contributed by atoms with Gasteiger partial charge in [-0.2, -0.15) is 0 Å². The van der Waals surface area contributed by atoms with Crippen molar-refractivity contribution in [1.29, 1.82) is 0 Å². The van der Waals surface area contributed by atoms with Crippen LogP contribution in [0.5, 0.6) is 0 Å². The fourth-order valence-electron chi connectivity index (χ4n) is 3.62. The van der Waals surface area contributed by atoms with Crippen molar-refractivity contribution in [3.05, 3.63) is 23.6 Å². The molecule has 6 heteroatoms. The van der Waals surface area contributed by atoms with Gasteiger partial charge in [0.25, 0.3) is 0 Å². The summed E-state index contributed by atoms with van der Waals surface area (Å²) in [5.74, 6) is 0. The van der Waals surface area contributed by atoms with Crippen LogP contribution in [-0.4, -0.2) is 43.5 Å². The Morgan fingerprint density at radius 1 is 0.500 bits per heavy atom. The molecular weight excluding hydrogens is 408 g/mol. The number of hydrogen-bond donors (Lipinski definition) is 0. The highest BCUT2D eigenvalue weighted by molar-refractivity contribution is 6.73. The standard InChI is InChI=1S/C24H50O4Si2/c1-7-13-15-17-21-29(25-9-3,26-10-4)23-19-20-24-30(27-11-5,28-12-6)22-18-16-14-8-2/h17-18,21-22H,7-16,19-20,23-24H2,1-6H3. The van der Waals surface area contributed by atoms with E-state index in [-0.39, 0.29) is 0 Å². The lowest BCUT2D eigenvalue weighted by atomic mass is 10.2. The third-order valence-corrected chi connectivity index (χ3v) is 11.7. The van der Waals surface area contributed by atoms with Gasteiger partial charge in [-0.3, -0.25) is 0 Å². The highest BCUT2D eigenvalue weighted by atomic mass is 28.4. The molecule has 4 nitrogen and oxygen atoms in total. The van der Waals surface area contributed by atoms with E-state index in [1.54, 1.807) is 0 Å². The maximum absolute atomic E-state index is 6.23. The van der Waals surface area contributed by atoms with E-state index in [1.807, 2.05) is 0 Å². The van der Waals surface area contributed by atoms with Crippen molar-refractivity contribution in [1.82, 2.24) is 0 Å². The van der Waals surface area contributed by atoms with Crippen molar-refractivity contribution in [2.75, 3.05) is 26.4 Å². The van der Waals surface area contributed by atoms with Crippen LogP contribution in [0.2, 0.25) is 12.1 Å². The van der Waals surface area contributed by atoms with Crippen molar-refractivity contribution in [2.24, 2.45) is 0 Å². The van der Waals surface area contributed by atoms with Gasteiger partial charge in [-0.15, -0.1) is 0 Å². The Morgan fingerprint density at radius 3 is 1.10 bits per heavy atom. The normalized spacial score (nSPS) is 13.1. The molecular formula is C24H50O4Si2. The van der Waals surface area contributed by atoms with Crippen molar-refractivity contribution in [2.45, 2.75) is 105 Å². The van der Waals surface area contributed by atoms with Gasteiger partial charge in [0.05, 0.1) is 0 Å². The Labute approximate surface area is 189 Å². The highest BCUT2D eigenvalue weighted by Crippen LogP contribution is 2.25. The number of allylic oxidation sites excluding steroid dienone is 2. The van der Waals surface area contributed by atoms with Crippen LogP contribution in [0.4, 0.5) is 0 Å². The summed E-state index contributed by atoms with van der Waals surface area (Å²) in [5, 5.41) is 0. The van der Waals surface area contributed by atoms with Gasteiger partial charge in [0, 0.05) is 26.4 Å². The zero-order chi connectivity index (χ0) is 22.6. The molecule has 0 aliphatic heterocycles. The quantitative estimate of drug-likeness (QED) is 0.133. The van der Waals surface area contributed by atoms with Crippen LogP contribution >= 0.6 is 0 Å². The van der Waals surface area contributed by atoms with Crippen LogP contribution in [0, 0.1) is 0 Å². The molecule has 0 saturated heterocycles. The molecule has 178 valence electrons. The Hall–Kier alpha value is -0.246. The van der Waals surface area contributed by atoms with E-state index >= 15 is 0 Å². The molecule has 0 aromatic carbocycles. The Balaban J connectivity index is 5.02. The van der Waals surface area contributed by atoms with E-state index in [2.05, 4.69) is 65.1 Å². The molecule has 30 heavy (non-hydrogen) atoms. The predicted octanol–water partition coefficient (Wildman–Crippen LogP) is 7.37. The first-order valence-electron chi connectivity index (χ1n) is 12.5. The van der Waals surface area contributed by atoms with Gasteiger partial charge in [-0.05, 0) is 64.0 Å². The van der Waals surface area contributed by atoms with Gasteiger partial charge < -0.3 is 17.7 Å². The third kappa shape index (κ3) is 13.2. The summed E-state index contributed by atoms with van der Waals surface area (Å²) in [7, 11) is -4.56. The molecule has 0 saturated carbocycles. The third-order valence-electron chi connectivity index (χ3n) is 5.05. The van der Waals surface area contributed by atoms with Gasteiger partial charge >= 0.3 is 17.1 Å². The Bertz CT molecular complexity index is 389. The van der Waals surface area contributed by atoms with Crippen molar-refractivity contribution in [3.8, 4) is 0 Å². The molecule has 0 aromatic heterocycles. The molecule has 0 radical (unpaired) electrons. The lowest BCUT2D eigenvalue weighted by molar-refractivity contribution is 0.189. The second-order valence-electron chi connectivity index (χ2n) is 7.65. The van der Waals surface area contributed by atoms with E-state index in [1.165, 1.54) is 25.7 Å². The summed E-state index contributed by atoms with van der Waals surface area (Å²) in [5.41, 5.74) is 4.58. The molecule has 0 atom stereocenters. The Kier molecular flexibility index (Phi) is 19.3. The number of rotatable bonds is 21. The zero-order valence-electron chi connectivity index (χ0n) is 20.8. The van der Waals surface area contributed by atoms with Crippen molar-refractivity contribution >= 4 is 17.1 Å². The SMILES string of the molecule is CCCCC=C[Si](CCCC[Si](C=CCCCC)(OCC)OCC)(OCC)OCC. The van der Waals surface area contributed by atoms with Crippen LogP contribution in [0.1, 0.15) is 92.9 Å².